The molecule has 11 heteroatoms. The van der Waals surface area contributed by atoms with Gasteiger partial charge in [0.15, 0.2) is 0 Å². The molecule has 1 N–H and O–H groups in total. The lowest BCUT2D eigenvalue weighted by molar-refractivity contribution is -0.126. The molecule has 1 unspecified atom stereocenters. The molecule has 0 aromatic heterocycles. The third-order valence-corrected chi connectivity index (χ3v) is 10.5. The zero-order valence-corrected chi connectivity index (χ0v) is 25.4. The smallest absolute Gasteiger partial charge is 0.246 e. The summed E-state index contributed by atoms with van der Waals surface area (Å²) in [5, 5.41) is 3.31. The summed E-state index contributed by atoms with van der Waals surface area (Å²) in [7, 11) is 0.293. The molecule has 1 atom stereocenters. The van der Waals surface area contributed by atoms with E-state index in [0.717, 1.165) is 38.5 Å². The SMILES string of the molecule is CN(C)C(c1ccccc1)C1CCC(NC(=O)COCCN(C2CC2)S(=O)(=O)c2c(Cl)cc(Cl)cc2Cl)CC1. The Morgan fingerprint density at radius 2 is 1.62 bits per heavy atom. The quantitative estimate of drug-likeness (QED) is 0.305. The van der Waals surface area contributed by atoms with Crippen molar-refractivity contribution >= 4 is 50.7 Å². The Kier molecular flexibility index (Phi) is 10.6. The highest BCUT2D eigenvalue weighted by molar-refractivity contribution is 7.89. The van der Waals surface area contributed by atoms with Gasteiger partial charge in [0.1, 0.15) is 11.5 Å². The highest BCUT2D eigenvalue weighted by Crippen LogP contribution is 2.39. The maximum Gasteiger partial charge on any atom is 0.246 e. The molecule has 2 fully saturated rings. The van der Waals surface area contributed by atoms with Crippen molar-refractivity contribution in [3.05, 3.63) is 63.1 Å². The normalized spacial score (nSPS) is 20.8. The Bertz CT molecular complexity index is 1210. The molecular formula is C28H36Cl3N3O4S. The second-order valence-electron chi connectivity index (χ2n) is 10.6. The number of hydrogen-bond donors (Lipinski definition) is 1. The minimum atomic E-state index is -3.95. The van der Waals surface area contributed by atoms with Crippen LogP contribution in [0.5, 0.6) is 0 Å². The monoisotopic (exact) mass is 615 g/mol. The largest absolute Gasteiger partial charge is 0.370 e. The lowest BCUT2D eigenvalue weighted by Crippen LogP contribution is -2.41. The highest BCUT2D eigenvalue weighted by Gasteiger charge is 2.40. The summed E-state index contributed by atoms with van der Waals surface area (Å²) >= 11 is 18.3. The summed E-state index contributed by atoms with van der Waals surface area (Å²) in [4.78, 5) is 14.7. The van der Waals surface area contributed by atoms with Crippen LogP contribution in [0.15, 0.2) is 47.4 Å². The molecule has 4 rings (SSSR count). The number of rotatable bonds is 12. The molecule has 0 aliphatic heterocycles. The fourth-order valence-electron chi connectivity index (χ4n) is 5.56. The van der Waals surface area contributed by atoms with Crippen LogP contribution in [0.1, 0.15) is 50.1 Å². The van der Waals surface area contributed by atoms with Crippen molar-refractivity contribution in [1.29, 1.82) is 0 Å². The lowest BCUT2D eigenvalue weighted by atomic mass is 9.78. The number of hydrogen-bond acceptors (Lipinski definition) is 5. The van der Waals surface area contributed by atoms with Crippen molar-refractivity contribution in [2.75, 3.05) is 33.9 Å². The second-order valence-corrected chi connectivity index (χ2v) is 13.7. The van der Waals surface area contributed by atoms with E-state index in [9.17, 15) is 13.2 Å². The van der Waals surface area contributed by atoms with E-state index in [1.807, 2.05) is 6.07 Å². The van der Waals surface area contributed by atoms with E-state index in [2.05, 4.69) is 48.6 Å². The van der Waals surface area contributed by atoms with Gasteiger partial charge in [0, 0.05) is 29.7 Å². The highest BCUT2D eigenvalue weighted by atomic mass is 35.5. The first-order chi connectivity index (χ1) is 18.6. The number of carbonyl (C=O) groups is 1. The molecule has 0 bridgehead atoms. The summed E-state index contributed by atoms with van der Waals surface area (Å²) in [6.45, 7) is 0.0671. The van der Waals surface area contributed by atoms with Crippen LogP contribution >= 0.6 is 34.8 Å². The first kappa shape index (κ1) is 30.6. The summed E-state index contributed by atoms with van der Waals surface area (Å²) in [6.07, 6.45) is 5.42. The van der Waals surface area contributed by atoms with Crippen molar-refractivity contribution in [2.24, 2.45) is 5.92 Å². The average molecular weight is 617 g/mol. The van der Waals surface area contributed by atoms with E-state index in [1.54, 1.807) is 0 Å². The van der Waals surface area contributed by atoms with Crippen LogP contribution in [-0.2, 0) is 19.6 Å². The molecule has 0 saturated heterocycles. The van der Waals surface area contributed by atoms with Crippen LogP contribution < -0.4 is 5.32 Å². The van der Waals surface area contributed by atoms with Crippen molar-refractivity contribution in [1.82, 2.24) is 14.5 Å². The maximum absolute atomic E-state index is 13.3. The van der Waals surface area contributed by atoms with Gasteiger partial charge in [0.05, 0.1) is 16.7 Å². The molecule has 2 aliphatic carbocycles. The van der Waals surface area contributed by atoms with E-state index in [4.69, 9.17) is 39.5 Å². The fourth-order valence-corrected chi connectivity index (χ4v) is 8.73. The van der Waals surface area contributed by atoms with Gasteiger partial charge in [-0.2, -0.15) is 4.31 Å². The van der Waals surface area contributed by atoms with E-state index in [0.29, 0.717) is 12.0 Å². The van der Waals surface area contributed by atoms with Crippen molar-refractivity contribution in [3.8, 4) is 0 Å². The molecular weight excluding hydrogens is 581 g/mol. The van der Waals surface area contributed by atoms with Gasteiger partial charge in [-0.1, -0.05) is 65.1 Å². The summed E-state index contributed by atoms with van der Waals surface area (Å²) in [5.41, 5.74) is 1.33. The van der Waals surface area contributed by atoms with Crippen molar-refractivity contribution in [3.63, 3.8) is 0 Å². The lowest BCUT2D eigenvalue weighted by Gasteiger charge is -2.37. The third-order valence-electron chi connectivity index (χ3n) is 7.45. The molecule has 2 aromatic rings. The Hall–Kier alpha value is -1.39. The van der Waals surface area contributed by atoms with Crippen LogP contribution in [0.25, 0.3) is 0 Å². The van der Waals surface area contributed by atoms with Gasteiger partial charge in [0.25, 0.3) is 0 Å². The third kappa shape index (κ3) is 7.88. The Labute approximate surface area is 246 Å². The molecule has 0 spiro atoms. The van der Waals surface area contributed by atoms with E-state index >= 15 is 0 Å². The van der Waals surface area contributed by atoms with Gasteiger partial charge in [-0.3, -0.25) is 4.79 Å². The first-order valence-corrected chi connectivity index (χ1v) is 15.9. The molecule has 7 nitrogen and oxygen atoms in total. The second kappa shape index (κ2) is 13.5. The molecule has 2 aromatic carbocycles. The predicted molar refractivity (Wildman–Crippen MR) is 156 cm³/mol. The predicted octanol–water partition coefficient (Wildman–Crippen LogP) is 5.79. The van der Waals surface area contributed by atoms with E-state index in [-0.39, 0.29) is 57.7 Å². The Balaban J connectivity index is 1.24. The molecule has 2 saturated carbocycles. The number of sulfonamides is 1. The van der Waals surface area contributed by atoms with Crippen LogP contribution in [-0.4, -0.2) is 69.5 Å². The van der Waals surface area contributed by atoms with Crippen LogP contribution in [0, 0.1) is 5.92 Å². The minimum Gasteiger partial charge on any atom is -0.370 e. The summed E-state index contributed by atoms with van der Waals surface area (Å²) in [6, 6.07) is 13.6. The summed E-state index contributed by atoms with van der Waals surface area (Å²) in [5.74, 6) is 0.347. The number of carbonyl (C=O) groups excluding carboxylic acids is 1. The average Bonchev–Trinajstić information content (AvgIpc) is 3.70. The first-order valence-electron chi connectivity index (χ1n) is 13.3. The summed E-state index contributed by atoms with van der Waals surface area (Å²) < 4.78 is 33.6. The van der Waals surface area contributed by atoms with Gasteiger partial charge in [-0.05, 0) is 76.2 Å². The number of nitrogens with zero attached hydrogens (tertiary/aromatic N) is 2. The van der Waals surface area contributed by atoms with Crippen molar-refractivity contribution in [2.45, 2.75) is 61.5 Å². The maximum atomic E-state index is 13.3. The molecule has 0 radical (unpaired) electrons. The van der Waals surface area contributed by atoms with Crippen LogP contribution in [0.2, 0.25) is 15.1 Å². The number of halogens is 3. The van der Waals surface area contributed by atoms with Crippen molar-refractivity contribution < 1.29 is 17.9 Å². The Morgan fingerprint density at radius 1 is 1.00 bits per heavy atom. The Morgan fingerprint density at radius 3 is 2.18 bits per heavy atom. The zero-order chi connectivity index (χ0) is 28.2. The molecule has 214 valence electrons. The standard InChI is InChI=1S/C28H36Cl3N3O4S/c1-33(2)27(19-6-4-3-5-7-19)20-8-10-22(11-9-20)32-26(35)18-38-15-14-34(23-12-13-23)39(36,37)28-24(30)16-21(29)17-25(28)31/h3-7,16-17,20,22-23,27H,8-15,18H2,1-2H3,(H,32,35). The van der Waals surface area contributed by atoms with Gasteiger partial charge in [-0.25, -0.2) is 8.42 Å². The van der Waals surface area contributed by atoms with Crippen LogP contribution in [0.4, 0.5) is 0 Å². The topological polar surface area (TPSA) is 79.0 Å². The number of amides is 1. The van der Waals surface area contributed by atoms with Crippen LogP contribution in [0.3, 0.4) is 0 Å². The van der Waals surface area contributed by atoms with E-state index in [1.165, 1.54) is 22.0 Å². The fraction of sp³-hybridized carbons (Fsp3) is 0.536. The molecule has 39 heavy (non-hydrogen) atoms. The number of nitrogens with one attached hydrogen (secondary N) is 1. The molecule has 2 aliphatic rings. The number of benzene rings is 2. The zero-order valence-electron chi connectivity index (χ0n) is 22.3. The van der Waals surface area contributed by atoms with E-state index < -0.39 is 10.0 Å². The van der Waals surface area contributed by atoms with Gasteiger partial charge in [0.2, 0.25) is 15.9 Å². The number of ether oxygens (including phenoxy) is 1. The van der Waals surface area contributed by atoms with Gasteiger partial charge < -0.3 is 15.0 Å². The minimum absolute atomic E-state index is 0.0196. The molecule has 0 heterocycles. The van der Waals surface area contributed by atoms with Gasteiger partial charge >= 0.3 is 0 Å². The van der Waals surface area contributed by atoms with Gasteiger partial charge in [-0.15, -0.1) is 0 Å². The molecule has 1 amide bonds.